The monoisotopic (exact) mass is 235 g/mol. The van der Waals surface area contributed by atoms with Gasteiger partial charge in [-0.1, -0.05) is 6.92 Å². The fourth-order valence-electron chi connectivity index (χ4n) is 2.09. The molecule has 2 rings (SSSR count). The van der Waals surface area contributed by atoms with E-state index < -0.39 is 0 Å². The Balaban J connectivity index is 2.28. The minimum atomic E-state index is -0.0935. The van der Waals surface area contributed by atoms with Crippen LogP contribution in [0.4, 0.5) is 5.82 Å². The number of carbonyl (C=O) groups excluding carboxylic acids is 1. The van der Waals surface area contributed by atoms with Gasteiger partial charge in [-0.2, -0.15) is 0 Å². The zero-order valence-electron chi connectivity index (χ0n) is 10.1. The van der Waals surface area contributed by atoms with E-state index in [1.54, 1.807) is 21.9 Å². The summed E-state index contributed by atoms with van der Waals surface area (Å²) in [6.45, 7) is 3.77. The Bertz CT molecular complexity index is 467. The lowest BCUT2D eigenvalue weighted by molar-refractivity contribution is -0.118. The van der Waals surface area contributed by atoms with E-state index in [9.17, 15) is 9.59 Å². The molecule has 0 aromatic carbocycles. The van der Waals surface area contributed by atoms with Crippen LogP contribution in [0.15, 0.2) is 17.2 Å². The number of aromatic nitrogens is 2. The predicted octanol–water partition coefficient (Wildman–Crippen LogP) is 0.823. The molecule has 5 heteroatoms. The van der Waals surface area contributed by atoms with Gasteiger partial charge in [-0.05, 0) is 12.8 Å². The average Bonchev–Trinajstić information content (AvgIpc) is 2.32. The number of Topliss-reactive ketones (excluding diaryl/α,β-unsaturated/α-hetero) is 1. The first-order chi connectivity index (χ1) is 8.22. The molecule has 17 heavy (non-hydrogen) atoms. The van der Waals surface area contributed by atoms with E-state index in [0.29, 0.717) is 25.3 Å². The van der Waals surface area contributed by atoms with Crippen molar-refractivity contribution in [3.63, 3.8) is 0 Å². The SMILES string of the molecule is CCCn1ccnc(N2CCCC(=O)C2)c1=O. The van der Waals surface area contributed by atoms with Crippen molar-refractivity contribution in [1.29, 1.82) is 0 Å². The van der Waals surface area contributed by atoms with E-state index in [2.05, 4.69) is 4.98 Å². The van der Waals surface area contributed by atoms with Gasteiger partial charge in [0.15, 0.2) is 11.6 Å². The van der Waals surface area contributed by atoms with Crippen LogP contribution in [0.5, 0.6) is 0 Å². The van der Waals surface area contributed by atoms with Crippen molar-refractivity contribution in [2.75, 3.05) is 18.0 Å². The number of piperidine rings is 1. The molecule has 5 nitrogen and oxygen atoms in total. The number of hydrogen-bond donors (Lipinski definition) is 0. The molecule has 1 fully saturated rings. The number of hydrogen-bond acceptors (Lipinski definition) is 4. The average molecular weight is 235 g/mol. The zero-order valence-corrected chi connectivity index (χ0v) is 10.1. The Morgan fingerprint density at radius 3 is 2.94 bits per heavy atom. The van der Waals surface area contributed by atoms with Crippen molar-refractivity contribution in [2.45, 2.75) is 32.7 Å². The lowest BCUT2D eigenvalue weighted by atomic mass is 10.1. The van der Waals surface area contributed by atoms with Crippen LogP contribution in [0.25, 0.3) is 0 Å². The summed E-state index contributed by atoms with van der Waals surface area (Å²) in [4.78, 5) is 29.4. The molecule has 0 aliphatic carbocycles. The molecule has 1 aromatic heterocycles. The van der Waals surface area contributed by atoms with Crippen molar-refractivity contribution in [3.05, 3.63) is 22.7 Å². The first-order valence-electron chi connectivity index (χ1n) is 6.04. The Kier molecular flexibility index (Phi) is 3.56. The summed E-state index contributed by atoms with van der Waals surface area (Å²) in [6, 6.07) is 0. The van der Waals surface area contributed by atoms with Crippen molar-refractivity contribution in [2.24, 2.45) is 0 Å². The van der Waals surface area contributed by atoms with Gasteiger partial charge in [0.05, 0.1) is 6.54 Å². The summed E-state index contributed by atoms with van der Waals surface area (Å²) < 4.78 is 1.65. The van der Waals surface area contributed by atoms with Crippen molar-refractivity contribution in [1.82, 2.24) is 9.55 Å². The van der Waals surface area contributed by atoms with Crippen LogP contribution in [0, 0.1) is 0 Å². The molecule has 0 bridgehead atoms. The molecule has 1 aliphatic rings. The summed E-state index contributed by atoms with van der Waals surface area (Å²) >= 11 is 0. The number of ketones is 1. The molecule has 1 aliphatic heterocycles. The zero-order chi connectivity index (χ0) is 12.3. The Labute approximate surface area is 100 Å². The van der Waals surface area contributed by atoms with Gasteiger partial charge >= 0.3 is 0 Å². The number of carbonyl (C=O) groups is 1. The third-order valence-electron chi connectivity index (χ3n) is 2.91. The lowest BCUT2D eigenvalue weighted by Gasteiger charge is -2.26. The number of nitrogens with zero attached hydrogens (tertiary/aromatic N) is 3. The fraction of sp³-hybridized carbons (Fsp3) is 0.583. The molecule has 1 saturated heterocycles. The second-order valence-electron chi connectivity index (χ2n) is 4.31. The maximum Gasteiger partial charge on any atom is 0.293 e. The van der Waals surface area contributed by atoms with Crippen molar-refractivity contribution < 1.29 is 4.79 Å². The second-order valence-corrected chi connectivity index (χ2v) is 4.31. The largest absolute Gasteiger partial charge is 0.345 e. The summed E-state index contributed by atoms with van der Waals surface area (Å²) in [5.41, 5.74) is -0.0935. The molecule has 0 N–H and O–H groups in total. The van der Waals surface area contributed by atoms with Crippen LogP contribution in [0.1, 0.15) is 26.2 Å². The standard InChI is InChI=1S/C12H17N3O2/c1-2-6-14-8-5-13-11(12(14)17)15-7-3-4-10(16)9-15/h5,8H,2-4,6-7,9H2,1H3. The van der Waals surface area contributed by atoms with Gasteiger partial charge in [-0.25, -0.2) is 4.98 Å². The van der Waals surface area contributed by atoms with E-state index >= 15 is 0 Å². The second kappa shape index (κ2) is 5.12. The molecule has 92 valence electrons. The Hall–Kier alpha value is -1.65. The van der Waals surface area contributed by atoms with Gasteiger partial charge < -0.3 is 9.47 Å². The van der Waals surface area contributed by atoms with Crippen LogP contribution < -0.4 is 10.5 Å². The summed E-state index contributed by atoms with van der Waals surface area (Å²) in [5.74, 6) is 0.595. The van der Waals surface area contributed by atoms with Gasteiger partial charge in [0.1, 0.15) is 0 Å². The lowest BCUT2D eigenvalue weighted by Crippen LogP contribution is -2.40. The topological polar surface area (TPSA) is 55.2 Å². The summed E-state index contributed by atoms with van der Waals surface area (Å²) in [7, 11) is 0. The van der Waals surface area contributed by atoms with Gasteiger partial charge in [-0.15, -0.1) is 0 Å². The summed E-state index contributed by atoms with van der Waals surface area (Å²) in [5, 5.41) is 0. The first-order valence-corrected chi connectivity index (χ1v) is 6.04. The number of rotatable bonds is 3. The van der Waals surface area contributed by atoms with Crippen molar-refractivity contribution >= 4 is 11.6 Å². The minimum Gasteiger partial charge on any atom is -0.345 e. The smallest absolute Gasteiger partial charge is 0.293 e. The molecule has 0 spiro atoms. The third kappa shape index (κ3) is 2.54. The van der Waals surface area contributed by atoms with Gasteiger partial charge in [0.2, 0.25) is 0 Å². The molecule has 0 atom stereocenters. The highest BCUT2D eigenvalue weighted by molar-refractivity contribution is 5.84. The molecule has 2 heterocycles. The van der Waals surface area contributed by atoms with Crippen LogP contribution >= 0.6 is 0 Å². The maximum absolute atomic E-state index is 12.1. The number of anilines is 1. The van der Waals surface area contributed by atoms with E-state index in [-0.39, 0.29) is 11.3 Å². The quantitative estimate of drug-likeness (QED) is 0.778. The van der Waals surface area contributed by atoms with Crippen LogP contribution in [-0.2, 0) is 11.3 Å². The highest BCUT2D eigenvalue weighted by Crippen LogP contribution is 2.11. The molecule has 1 aromatic rings. The highest BCUT2D eigenvalue weighted by atomic mass is 16.1. The number of aryl methyl sites for hydroxylation is 1. The van der Waals surface area contributed by atoms with E-state index in [4.69, 9.17) is 0 Å². The maximum atomic E-state index is 12.1. The molecule has 0 unspecified atom stereocenters. The van der Waals surface area contributed by atoms with Crippen LogP contribution in [-0.4, -0.2) is 28.4 Å². The summed E-state index contributed by atoms with van der Waals surface area (Å²) in [6.07, 6.45) is 5.66. The molecular formula is C12H17N3O2. The first kappa shape index (κ1) is 11.8. The van der Waals surface area contributed by atoms with Crippen LogP contribution in [0.3, 0.4) is 0 Å². The fourth-order valence-corrected chi connectivity index (χ4v) is 2.09. The Morgan fingerprint density at radius 1 is 1.41 bits per heavy atom. The highest BCUT2D eigenvalue weighted by Gasteiger charge is 2.20. The normalized spacial score (nSPS) is 16.3. The van der Waals surface area contributed by atoms with Crippen LogP contribution in [0.2, 0.25) is 0 Å². The third-order valence-corrected chi connectivity index (χ3v) is 2.91. The van der Waals surface area contributed by atoms with Gasteiger partial charge in [0, 0.05) is 31.9 Å². The molecule has 0 radical (unpaired) electrons. The van der Waals surface area contributed by atoms with Crippen molar-refractivity contribution in [3.8, 4) is 0 Å². The van der Waals surface area contributed by atoms with E-state index in [1.165, 1.54) is 0 Å². The molecular weight excluding hydrogens is 218 g/mol. The van der Waals surface area contributed by atoms with E-state index in [0.717, 1.165) is 19.4 Å². The van der Waals surface area contributed by atoms with Gasteiger partial charge in [-0.3, -0.25) is 9.59 Å². The Morgan fingerprint density at radius 2 is 2.24 bits per heavy atom. The van der Waals surface area contributed by atoms with Gasteiger partial charge in [0.25, 0.3) is 5.56 Å². The molecule has 0 amide bonds. The predicted molar refractivity (Wildman–Crippen MR) is 65.2 cm³/mol. The molecule has 0 saturated carbocycles. The van der Waals surface area contributed by atoms with E-state index in [1.807, 2.05) is 6.92 Å². The minimum absolute atomic E-state index is 0.0935.